The van der Waals surface area contributed by atoms with Gasteiger partial charge < -0.3 is 10.1 Å². The smallest absolute Gasteiger partial charge is 0.259 e. The Hall–Kier alpha value is -1.25. The summed E-state index contributed by atoms with van der Waals surface area (Å²) in [5, 5.41) is 12.4. The van der Waals surface area contributed by atoms with Crippen molar-refractivity contribution < 1.29 is 9.53 Å². The number of hydrogen-bond donors (Lipinski definition) is 1. The van der Waals surface area contributed by atoms with Gasteiger partial charge in [0.1, 0.15) is 11.3 Å². The maximum atomic E-state index is 11.8. The third kappa shape index (κ3) is 4.39. The van der Waals surface area contributed by atoms with Crippen molar-refractivity contribution in [2.45, 2.75) is 26.3 Å². The second-order valence-corrected chi connectivity index (χ2v) is 6.17. The van der Waals surface area contributed by atoms with Crippen LogP contribution < -0.4 is 10.1 Å². The summed E-state index contributed by atoms with van der Waals surface area (Å²) >= 11 is 9.12. The van der Waals surface area contributed by atoms with E-state index in [1.165, 1.54) is 0 Å². The van der Waals surface area contributed by atoms with Crippen LogP contribution in [0.3, 0.4) is 0 Å². The van der Waals surface area contributed by atoms with E-state index in [1.54, 1.807) is 25.1 Å². The Labute approximate surface area is 132 Å². The first kappa shape index (κ1) is 16.8. The minimum atomic E-state index is -0.905. The van der Waals surface area contributed by atoms with Gasteiger partial charge in [0.05, 0.1) is 10.5 Å². The molecule has 1 rings (SSSR count). The van der Waals surface area contributed by atoms with Crippen LogP contribution in [0.25, 0.3) is 0 Å². The van der Waals surface area contributed by atoms with Crippen molar-refractivity contribution in [3.63, 3.8) is 0 Å². The van der Waals surface area contributed by atoms with Gasteiger partial charge in [-0.15, -0.1) is 0 Å². The molecule has 6 heteroatoms. The fraction of sp³-hybridized carbons (Fsp3) is 0.429. The molecule has 108 valence electrons. The van der Waals surface area contributed by atoms with E-state index >= 15 is 0 Å². The van der Waals surface area contributed by atoms with E-state index in [1.807, 2.05) is 13.8 Å². The number of nitrogens with zero attached hydrogens (tertiary/aromatic N) is 1. The van der Waals surface area contributed by atoms with Crippen LogP contribution in [-0.2, 0) is 4.79 Å². The highest BCUT2D eigenvalue weighted by molar-refractivity contribution is 9.10. The molecule has 0 spiro atoms. The second-order valence-electron chi connectivity index (χ2n) is 4.88. The van der Waals surface area contributed by atoms with Gasteiger partial charge in [-0.1, -0.05) is 25.4 Å². The molecule has 0 aliphatic carbocycles. The van der Waals surface area contributed by atoms with E-state index in [-0.39, 0.29) is 18.4 Å². The SMILES string of the molecule is CC(C)[C@](C)(C#N)NC(=O)COc1ccc(Cl)cc1Br. The monoisotopic (exact) mass is 358 g/mol. The first-order valence-corrected chi connectivity index (χ1v) is 7.25. The molecule has 20 heavy (non-hydrogen) atoms. The van der Waals surface area contributed by atoms with Gasteiger partial charge in [0, 0.05) is 5.02 Å². The lowest BCUT2D eigenvalue weighted by molar-refractivity contribution is -0.124. The van der Waals surface area contributed by atoms with E-state index in [0.29, 0.717) is 15.2 Å². The van der Waals surface area contributed by atoms with Gasteiger partial charge in [0.25, 0.3) is 5.91 Å². The predicted octanol–water partition coefficient (Wildman–Crippen LogP) is 3.54. The highest BCUT2D eigenvalue weighted by atomic mass is 79.9. The Bertz CT molecular complexity index is 542. The molecule has 0 saturated heterocycles. The summed E-state index contributed by atoms with van der Waals surface area (Å²) in [6.07, 6.45) is 0. The zero-order valence-corrected chi connectivity index (χ0v) is 13.9. The third-order valence-electron chi connectivity index (χ3n) is 3.04. The van der Waals surface area contributed by atoms with E-state index < -0.39 is 5.54 Å². The van der Waals surface area contributed by atoms with Crippen molar-refractivity contribution in [1.29, 1.82) is 5.26 Å². The maximum absolute atomic E-state index is 11.8. The molecular formula is C14H16BrClN2O2. The number of amides is 1. The molecule has 0 fully saturated rings. The van der Waals surface area contributed by atoms with Crippen molar-refractivity contribution in [2.75, 3.05) is 6.61 Å². The van der Waals surface area contributed by atoms with Gasteiger partial charge in [-0.3, -0.25) is 4.79 Å². The third-order valence-corrected chi connectivity index (χ3v) is 3.89. The van der Waals surface area contributed by atoms with Crippen LogP contribution in [0.5, 0.6) is 5.75 Å². The average Bonchev–Trinajstić information content (AvgIpc) is 2.37. The zero-order valence-electron chi connectivity index (χ0n) is 11.5. The van der Waals surface area contributed by atoms with Crippen molar-refractivity contribution in [1.82, 2.24) is 5.32 Å². The van der Waals surface area contributed by atoms with E-state index in [0.717, 1.165) is 0 Å². The normalized spacial score (nSPS) is 13.4. The molecule has 1 aromatic rings. The standard InChI is InChI=1S/C14H16BrClN2O2/c1-9(2)14(3,8-17)18-13(19)7-20-12-5-4-10(16)6-11(12)15/h4-6,9H,7H2,1-3H3,(H,18,19)/t14-/m0/s1. The minimum Gasteiger partial charge on any atom is -0.483 e. The summed E-state index contributed by atoms with van der Waals surface area (Å²) < 4.78 is 6.07. The molecule has 1 amide bonds. The van der Waals surface area contributed by atoms with E-state index in [2.05, 4.69) is 27.3 Å². The number of benzene rings is 1. The molecule has 4 nitrogen and oxygen atoms in total. The van der Waals surface area contributed by atoms with Gasteiger partial charge in [-0.25, -0.2) is 0 Å². The summed E-state index contributed by atoms with van der Waals surface area (Å²) in [7, 11) is 0. The number of carbonyl (C=O) groups excluding carboxylic acids is 1. The molecule has 1 N–H and O–H groups in total. The van der Waals surface area contributed by atoms with Crippen LogP contribution in [0.2, 0.25) is 5.02 Å². The predicted molar refractivity (Wildman–Crippen MR) is 81.6 cm³/mol. The summed E-state index contributed by atoms with van der Waals surface area (Å²) in [5.41, 5.74) is -0.905. The number of halogens is 2. The second kappa shape index (κ2) is 6.96. The van der Waals surface area contributed by atoms with Crippen LogP contribution in [0.15, 0.2) is 22.7 Å². The number of hydrogen-bond acceptors (Lipinski definition) is 3. The minimum absolute atomic E-state index is 0.00119. The van der Waals surface area contributed by atoms with Crippen LogP contribution in [0, 0.1) is 17.2 Å². The van der Waals surface area contributed by atoms with Crippen LogP contribution in [0.1, 0.15) is 20.8 Å². The Morgan fingerprint density at radius 3 is 2.75 bits per heavy atom. The highest BCUT2D eigenvalue weighted by Gasteiger charge is 2.30. The number of nitrogens with one attached hydrogen (secondary N) is 1. The van der Waals surface area contributed by atoms with Gasteiger partial charge in [0.2, 0.25) is 0 Å². The fourth-order valence-corrected chi connectivity index (χ4v) is 2.16. The number of rotatable bonds is 5. The summed E-state index contributed by atoms with van der Waals surface area (Å²) in [4.78, 5) is 11.8. The maximum Gasteiger partial charge on any atom is 0.259 e. The lowest BCUT2D eigenvalue weighted by atomic mass is 9.90. The van der Waals surface area contributed by atoms with Crippen molar-refractivity contribution in [2.24, 2.45) is 5.92 Å². The molecule has 0 aliphatic heterocycles. The van der Waals surface area contributed by atoms with Gasteiger partial charge in [-0.2, -0.15) is 5.26 Å². The highest BCUT2D eigenvalue weighted by Crippen LogP contribution is 2.27. The molecule has 1 aromatic carbocycles. The molecule has 0 radical (unpaired) electrons. The van der Waals surface area contributed by atoms with Gasteiger partial charge in [-0.05, 0) is 47.0 Å². The first-order chi connectivity index (χ1) is 9.28. The van der Waals surface area contributed by atoms with E-state index in [4.69, 9.17) is 21.6 Å². The molecule has 0 aromatic heterocycles. The molecule has 0 saturated carbocycles. The van der Waals surface area contributed by atoms with E-state index in [9.17, 15) is 4.79 Å². The molecule has 0 aliphatic rings. The molecule has 1 atom stereocenters. The largest absolute Gasteiger partial charge is 0.483 e. The molecule has 0 unspecified atom stereocenters. The van der Waals surface area contributed by atoms with Crippen molar-refractivity contribution in [3.05, 3.63) is 27.7 Å². The number of carbonyl (C=O) groups is 1. The zero-order chi connectivity index (χ0) is 15.3. The van der Waals surface area contributed by atoms with Crippen LogP contribution in [0.4, 0.5) is 0 Å². The number of nitriles is 1. The van der Waals surface area contributed by atoms with Crippen LogP contribution >= 0.6 is 27.5 Å². The summed E-state index contributed by atoms with van der Waals surface area (Å²) in [6, 6.07) is 7.14. The summed E-state index contributed by atoms with van der Waals surface area (Å²) in [6.45, 7) is 5.28. The average molecular weight is 360 g/mol. The lowest BCUT2D eigenvalue weighted by Gasteiger charge is -2.27. The van der Waals surface area contributed by atoms with Crippen LogP contribution in [-0.4, -0.2) is 18.1 Å². The summed E-state index contributed by atoms with van der Waals surface area (Å²) in [5.74, 6) is 0.177. The van der Waals surface area contributed by atoms with Gasteiger partial charge in [0.15, 0.2) is 6.61 Å². The Balaban J connectivity index is 2.62. The fourth-order valence-electron chi connectivity index (χ4n) is 1.36. The number of ether oxygens (including phenoxy) is 1. The van der Waals surface area contributed by atoms with Crippen molar-refractivity contribution in [3.8, 4) is 11.8 Å². The molecular weight excluding hydrogens is 344 g/mol. The quantitative estimate of drug-likeness (QED) is 0.874. The molecule has 0 heterocycles. The van der Waals surface area contributed by atoms with Gasteiger partial charge >= 0.3 is 0 Å². The molecule has 0 bridgehead atoms. The lowest BCUT2D eigenvalue weighted by Crippen LogP contribution is -2.50. The Morgan fingerprint density at radius 1 is 1.60 bits per heavy atom. The Morgan fingerprint density at radius 2 is 2.25 bits per heavy atom. The van der Waals surface area contributed by atoms with Crippen molar-refractivity contribution >= 4 is 33.4 Å². The topological polar surface area (TPSA) is 62.1 Å². The Kier molecular flexibility index (Phi) is 5.85. The first-order valence-electron chi connectivity index (χ1n) is 6.08.